The second kappa shape index (κ2) is 3.40. The zero-order valence-electron chi connectivity index (χ0n) is 8.81. The second-order valence-electron chi connectivity index (χ2n) is 4.40. The van der Waals surface area contributed by atoms with E-state index in [1.54, 1.807) is 20.8 Å². The van der Waals surface area contributed by atoms with Crippen LogP contribution in [0.3, 0.4) is 0 Å². The first-order chi connectivity index (χ1) is 6.62. The Morgan fingerprint density at radius 2 is 1.67 bits per heavy atom. The van der Waals surface area contributed by atoms with Crippen LogP contribution in [0.15, 0.2) is 12.3 Å². The number of nitrogens with zero attached hydrogens (tertiary/aromatic N) is 1. The fraction of sp³-hybridized carbons (Fsp3) is 0.500. The van der Waals surface area contributed by atoms with Crippen molar-refractivity contribution in [3.8, 4) is 0 Å². The van der Waals surface area contributed by atoms with Gasteiger partial charge in [0.1, 0.15) is 5.82 Å². The third-order valence-corrected chi connectivity index (χ3v) is 2.04. The molecule has 0 bridgehead atoms. The summed E-state index contributed by atoms with van der Waals surface area (Å²) in [5, 5.41) is 0. The first-order valence-electron chi connectivity index (χ1n) is 4.45. The number of halogens is 3. The number of pyridine rings is 1. The van der Waals surface area contributed by atoms with E-state index >= 15 is 0 Å². The smallest absolute Gasteiger partial charge is 0.384 e. The number of hydrogen-bond donors (Lipinski definition) is 1. The average molecular weight is 218 g/mol. The molecule has 0 radical (unpaired) electrons. The van der Waals surface area contributed by atoms with Gasteiger partial charge in [0, 0.05) is 6.20 Å². The van der Waals surface area contributed by atoms with Crippen LogP contribution in [0.1, 0.15) is 31.9 Å². The van der Waals surface area contributed by atoms with Gasteiger partial charge in [0.2, 0.25) is 0 Å². The summed E-state index contributed by atoms with van der Waals surface area (Å²) in [7, 11) is 0. The van der Waals surface area contributed by atoms with E-state index in [2.05, 4.69) is 4.98 Å². The van der Waals surface area contributed by atoms with Gasteiger partial charge < -0.3 is 5.73 Å². The lowest BCUT2D eigenvalue weighted by Gasteiger charge is -2.23. The molecule has 1 heterocycles. The molecule has 0 spiro atoms. The van der Waals surface area contributed by atoms with E-state index in [-0.39, 0.29) is 11.4 Å². The van der Waals surface area contributed by atoms with E-state index in [0.29, 0.717) is 0 Å². The van der Waals surface area contributed by atoms with Crippen LogP contribution in [0.2, 0.25) is 0 Å². The Balaban J connectivity index is 3.41. The van der Waals surface area contributed by atoms with Crippen molar-refractivity contribution in [3.63, 3.8) is 0 Å². The Kier molecular flexibility index (Phi) is 2.67. The lowest BCUT2D eigenvalue weighted by molar-refractivity contribution is -0.138. The zero-order chi connectivity index (χ0) is 11.9. The van der Waals surface area contributed by atoms with E-state index in [1.807, 2.05) is 0 Å². The van der Waals surface area contributed by atoms with Gasteiger partial charge in [0.15, 0.2) is 0 Å². The minimum absolute atomic E-state index is 0.105. The molecular formula is C10H13F3N2. The van der Waals surface area contributed by atoms with Crippen molar-refractivity contribution in [2.75, 3.05) is 5.73 Å². The SMILES string of the molecule is CC(C)(C)c1cc(N)ncc1C(F)(F)F. The highest BCUT2D eigenvalue weighted by atomic mass is 19.4. The molecule has 0 saturated heterocycles. The Labute approximate surface area is 86.3 Å². The summed E-state index contributed by atoms with van der Waals surface area (Å²) < 4.78 is 37.9. The van der Waals surface area contributed by atoms with Gasteiger partial charge in [-0.3, -0.25) is 0 Å². The van der Waals surface area contributed by atoms with Crippen molar-refractivity contribution in [2.45, 2.75) is 32.4 Å². The topological polar surface area (TPSA) is 38.9 Å². The second-order valence-corrected chi connectivity index (χ2v) is 4.40. The number of aromatic nitrogens is 1. The molecule has 0 aromatic carbocycles. The number of nitrogen functional groups attached to an aromatic ring is 1. The third kappa shape index (κ3) is 2.61. The molecule has 0 aliphatic carbocycles. The number of hydrogen-bond acceptors (Lipinski definition) is 2. The maximum Gasteiger partial charge on any atom is 0.418 e. The molecule has 0 atom stereocenters. The minimum atomic E-state index is -4.39. The molecule has 2 nitrogen and oxygen atoms in total. The van der Waals surface area contributed by atoms with Crippen molar-refractivity contribution in [1.29, 1.82) is 0 Å². The zero-order valence-corrected chi connectivity index (χ0v) is 8.81. The van der Waals surface area contributed by atoms with Crippen molar-refractivity contribution in [3.05, 3.63) is 23.4 Å². The summed E-state index contributed by atoms with van der Waals surface area (Å²) in [5.74, 6) is 0.105. The molecule has 15 heavy (non-hydrogen) atoms. The van der Waals surface area contributed by atoms with Crippen LogP contribution in [0.4, 0.5) is 19.0 Å². The van der Waals surface area contributed by atoms with Crippen LogP contribution < -0.4 is 5.73 Å². The molecule has 0 unspecified atom stereocenters. The third-order valence-electron chi connectivity index (χ3n) is 2.04. The minimum Gasteiger partial charge on any atom is -0.384 e. The molecule has 0 saturated carbocycles. The summed E-state index contributed by atoms with van der Waals surface area (Å²) >= 11 is 0. The Hall–Kier alpha value is -1.26. The molecule has 5 heteroatoms. The molecule has 1 rings (SSSR count). The van der Waals surface area contributed by atoms with Crippen molar-refractivity contribution < 1.29 is 13.2 Å². The number of nitrogens with two attached hydrogens (primary N) is 1. The fourth-order valence-corrected chi connectivity index (χ4v) is 1.32. The normalized spacial score (nSPS) is 12.9. The summed E-state index contributed by atoms with van der Waals surface area (Å²) in [4.78, 5) is 3.48. The highest BCUT2D eigenvalue weighted by molar-refractivity contribution is 5.42. The van der Waals surface area contributed by atoms with E-state index in [4.69, 9.17) is 5.73 Å². The standard InChI is InChI=1S/C10H13F3N2/c1-9(2,3)6-4-8(14)15-5-7(6)10(11,12)13/h4-5H,1-3H3,(H2,14,15). The van der Waals surface area contributed by atoms with Crippen molar-refractivity contribution >= 4 is 5.82 Å². The van der Waals surface area contributed by atoms with Gasteiger partial charge >= 0.3 is 6.18 Å². The predicted octanol–water partition coefficient (Wildman–Crippen LogP) is 2.98. The summed E-state index contributed by atoms with van der Waals surface area (Å²) in [5.41, 5.74) is 4.23. The maximum atomic E-state index is 12.6. The van der Waals surface area contributed by atoms with Gasteiger partial charge in [-0.15, -0.1) is 0 Å². The number of anilines is 1. The maximum absolute atomic E-state index is 12.6. The summed E-state index contributed by atoms with van der Waals surface area (Å²) in [6.45, 7) is 5.12. The van der Waals surface area contributed by atoms with E-state index < -0.39 is 17.2 Å². The molecule has 0 aliphatic rings. The van der Waals surface area contributed by atoms with Gasteiger partial charge in [0.25, 0.3) is 0 Å². The van der Waals surface area contributed by atoms with E-state index in [0.717, 1.165) is 6.20 Å². The molecule has 1 aromatic heterocycles. The number of alkyl halides is 3. The molecule has 84 valence electrons. The Morgan fingerprint density at radius 1 is 1.13 bits per heavy atom. The largest absolute Gasteiger partial charge is 0.418 e. The predicted molar refractivity (Wildman–Crippen MR) is 52.4 cm³/mol. The summed E-state index contributed by atoms with van der Waals surface area (Å²) in [6.07, 6.45) is -3.60. The molecule has 1 aromatic rings. The molecule has 2 N–H and O–H groups in total. The molecule has 0 fully saturated rings. The monoisotopic (exact) mass is 218 g/mol. The lowest BCUT2D eigenvalue weighted by Crippen LogP contribution is -2.20. The molecule has 0 amide bonds. The van der Waals surface area contributed by atoms with Gasteiger partial charge in [-0.1, -0.05) is 20.8 Å². The van der Waals surface area contributed by atoms with Crippen LogP contribution in [-0.2, 0) is 11.6 Å². The van der Waals surface area contributed by atoms with Crippen LogP contribution in [-0.4, -0.2) is 4.98 Å². The van der Waals surface area contributed by atoms with Crippen LogP contribution in [0, 0.1) is 0 Å². The Morgan fingerprint density at radius 3 is 2.07 bits per heavy atom. The van der Waals surface area contributed by atoms with E-state index in [1.165, 1.54) is 6.07 Å². The van der Waals surface area contributed by atoms with Gasteiger partial charge in [-0.25, -0.2) is 4.98 Å². The summed E-state index contributed by atoms with van der Waals surface area (Å²) in [6, 6.07) is 1.28. The number of rotatable bonds is 0. The Bertz CT molecular complexity index is 364. The first-order valence-corrected chi connectivity index (χ1v) is 4.45. The van der Waals surface area contributed by atoms with E-state index in [9.17, 15) is 13.2 Å². The van der Waals surface area contributed by atoms with Crippen LogP contribution in [0.5, 0.6) is 0 Å². The highest BCUT2D eigenvalue weighted by Gasteiger charge is 2.36. The van der Waals surface area contributed by atoms with Crippen LogP contribution in [0.25, 0.3) is 0 Å². The van der Waals surface area contributed by atoms with Gasteiger partial charge in [-0.05, 0) is 17.0 Å². The highest BCUT2D eigenvalue weighted by Crippen LogP contribution is 2.37. The molecular weight excluding hydrogens is 205 g/mol. The van der Waals surface area contributed by atoms with Gasteiger partial charge in [0.05, 0.1) is 5.56 Å². The average Bonchev–Trinajstić information content (AvgIpc) is 2.00. The van der Waals surface area contributed by atoms with Gasteiger partial charge in [-0.2, -0.15) is 13.2 Å². The fourth-order valence-electron chi connectivity index (χ4n) is 1.32. The van der Waals surface area contributed by atoms with Crippen LogP contribution >= 0.6 is 0 Å². The van der Waals surface area contributed by atoms with Crippen molar-refractivity contribution in [2.24, 2.45) is 0 Å². The first kappa shape index (κ1) is 11.8. The lowest BCUT2D eigenvalue weighted by atomic mass is 9.84. The molecule has 0 aliphatic heterocycles. The van der Waals surface area contributed by atoms with Crippen molar-refractivity contribution in [1.82, 2.24) is 4.98 Å². The quantitative estimate of drug-likeness (QED) is 0.727.